The average Bonchev–Trinajstić information content (AvgIpc) is 3.09. The second-order valence-electron chi connectivity index (χ2n) is 6.22. The summed E-state index contributed by atoms with van der Waals surface area (Å²) in [6.45, 7) is 4.65. The van der Waals surface area contributed by atoms with Crippen LogP contribution in [0, 0.1) is 5.92 Å². The number of aromatic nitrogens is 3. The van der Waals surface area contributed by atoms with Crippen LogP contribution in [0.4, 0.5) is 0 Å². The number of hydrogen-bond donors (Lipinski definition) is 1. The van der Waals surface area contributed by atoms with Crippen molar-refractivity contribution in [3.05, 3.63) is 36.2 Å². The fourth-order valence-corrected chi connectivity index (χ4v) is 2.89. The molecule has 1 aliphatic rings. The maximum absolute atomic E-state index is 6.12. The molecule has 1 atom stereocenters. The molecule has 8 heteroatoms. The van der Waals surface area contributed by atoms with Gasteiger partial charge in [-0.1, -0.05) is 12.1 Å². The number of piperidine rings is 1. The van der Waals surface area contributed by atoms with Crippen LogP contribution < -0.4 is 10.5 Å². The molecule has 7 nitrogen and oxygen atoms in total. The summed E-state index contributed by atoms with van der Waals surface area (Å²) < 4.78 is 6.88. The standard InChI is InChI=1S/C17H24N6O.HI/c1-13-4-3-9-22(11-13)17(18)19-10-14-12-23(21-20-14)15-5-7-16(24-2)8-6-15;/h5-8,12-13H,3-4,9-11H2,1-2H3,(H2,18,19);1H. The molecule has 1 aliphatic heterocycles. The molecule has 0 bridgehead atoms. The van der Waals surface area contributed by atoms with E-state index in [1.807, 2.05) is 30.5 Å². The number of rotatable bonds is 4. The van der Waals surface area contributed by atoms with Gasteiger partial charge in [-0.2, -0.15) is 0 Å². The Labute approximate surface area is 165 Å². The van der Waals surface area contributed by atoms with Crippen molar-refractivity contribution in [2.24, 2.45) is 16.6 Å². The molecule has 3 rings (SSSR count). The van der Waals surface area contributed by atoms with Crippen molar-refractivity contribution in [2.45, 2.75) is 26.3 Å². The number of hydrogen-bond acceptors (Lipinski definition) is 4. The molecular formula is C17H25IN6O. The molecule has 136 valence electrons. The molecule has 25 heavy (non-hydrogen) atoms. The molecular weight excluding hydrogens is 431 g/mol. The highest BCUT2D eigenvalue weighted by atomic mass is 127. The highest BCUT2D eigenvalue weighted by Gasteiger charge is 2.17. The summed E-state index contributed by atoms with van der Waals surface area (Å²) in [6, 6.07) is 7.66. The Kier molecular flexibility index (Phi) is 7.03. The molecule has 1 saturated heterocycles. The lowest BCUT2D eigenvalue weighted by Gasteiger charge is -2.31. The van der Waals surface area contributed by atoms with Crippen molar-refractivity contribution in [3.63, 3.8) is 0 Å². The lowest BCUT2D eigenvalue weighted by Crippen LogP contribution is -2.43. The smallest absolute Gasteiger partial charge is 0.191 e. The SMILES string of the molecule is COc1ccc(-n2cc(CN=C(N)N3CCCC(C)C3)nn2)cc1.I. The second kappa shape index (κ2) is 9.02. The first-order valence-electron chi connectivity index (χ1n) is 8.26. The fraction of sp³-hybridized carbons (Fsp3) is 0.471. The number of methoxy groups -OCH3 is 1. The van der Waals surface area contributed by atoms with Crippen LogP contribution in [0.2, 0.25) is 0 Å². The fourth-order valence-electron chi connectivity index (χ4n) is 2.89. The summed E-state index contributed by atoms with van der Waals surface area (Å²) in [4.78, 5) is 6.63. The summed E-state index contributed by atoms with van der Waals surface area (Å²) in [5, 5.41) is 8.31. The van der Waals surface area contributed by atoms with Gasteiger partial charge in [-0.25, -0.2) is 9.67 Å². The molecule has 0 aliphatic carbocycles. The zero-order chi connectivity index (χ0) is 16.9. The lowest BCUT2D eigenvalue weighted by molar-refractivity contribution is 0.270. The number of aliphatic imine (C=N–C) groups is 1. The van der Waals surface area contributed by atoms with Crippen molar-refractivity contribution < 1.29 is 4.74 Å². The van der Waals surface area contributed by atoms with Crippen LogP contribution in [0.1, 0.15) is 25.5 Å². The molecule has 1 fully saturated rings. The number of benzene rings is 1. The van der Waals surface area contributed by atoms with Crippen molar-refractivity contribution >= 4 is 29.9 Å². The Morgan fingerprint density at radius 2 is 2.12 bits per heavy atom. The predicted octanol–water partition coefficient (Wildman–Crippen LogP) is 2.44. The summed E-state index contributed by atoms with van der Waals surface area (Å²) in [5.41, 5.74) is 7.83. The Morgan fingerprint density at radius 1 is 1.36 bits per heavy atom. The second-order valence-corrected chi connectivity index (χ2v) is 6.22. The van der Waals surface area contributed by atoms with E-state index < -0.39 is 0 Å². The van der Waals surface area contributed by atoms with Gasteiger partial charge in [0, 0.05) is 13.1 Å². The highest BCUT2D eigenvalue weighted by Crippen LogP contribution is 2.16. The summed E-state index contributed by atoms with van der Waals surface area (Å²) in [6.07, 6.45) is 4.31. The Hall–Kier alpha value is -1.84. The molecule has 1 aromatic heterocycles. The van der Waals surface area contributed by atoms with Gasteiger partial charge in [-0.3, -0.25) is 0 Å². The number of likely N-dealkylation sites (tertiary alicyclic amines) is 1. The minimum atomic E-state index is 0. The van der Waals surface area contributed by atoms with Gasteiger partial charge in [-0.05, 0) is 43.0 Å². The Morgan fingerprint density at radius 3 is 2.80 bits per heavy atom. The van der Waals surface area contributed by atoms with Crippen molar-refractivity contribution in [1.29, 1.82) is 0 Å². The quantitative estimate of drug-likeness (QED) is 0.434. The maximum atomic E-state index is 6.12. The number of guanidine groups is 1. The number of nitrogens with two attached hydrogens (primary N) is 1. The van der Waals surface area contributed by atoms with E-state index in [9.17, 15) is 0 Å². The predicted molar refractivity (Wildman–Crippen MR) is 109 cm³/mol. The minimum absolute atomic E-state index is 0. The number of nitrogens with zero attached hydrogens (tertiary/aromatic N) is 5. The van der Waals surface area contributed by atoms with Gasteiger partial charge >= 0.3 is 0 Å². The zero-order valence-electron chi connectivity index (χ0n) is 14.6. The molecule has 0 radical (unpaired) electrons. The topological polar surface area (TPSA) is 81.6 Å². The first kappa shape index (κ1) is 19.5. The number of ether oxygens (including phenoxy) is 1. The Balaban J connectivity index is 0.00000225. The first-order valence-corrected chi connectivity index (χ1v) is 8.26. The third kappa shape index (κ3) is 5.07. The average molecular weight is 456 g/mol. The van der Waals surface area contributed by atoms with E-state index in [0.717, 1.165) is 30.2 Å². The van der Waals surface area contributed by atoms with Crippen molar-refractivity contribution in [3.8, 4) is 11.4 Å². The minimum Gasteiger partial charge on any atom is -0.497 e. The third-order valence-electron chi connectivity index (χ3n) is 4.26. The largest absolute Gasteiger partial charge is 0.497 e. The van der Waals surface area contributed by atoms with Crippen LogP contribution in [0.25, 0.3) is 5.69 Å². The van der Waals surface area contributed by atoms with Gasteiger partial charge in [0.25, 0.3) is 0 Å². The van der Waals surface area contributed by atoms with E-state index in [0.29, 0.717) is 18.4 Å². The van der Waals surface area contributed by atoms with E-state index >= 15 is 0 Å². The van der Waals surface area contributed by atoms with E-state index in [1.165, 1.54) is 12.8 Å². The van der Waals surface area contributed by atoms with Crippen LogP contribution in [-0.4, -0.2) is 46.1 Å². The van der Waals surface area contributed by atoms with E-state index in [-0.39, 0.29) is 24.0 Å². The zero-order valence-corrected chi connectivity index (χ0v) is 17.0. The third-order valence-corrected chi connectivity index (χ3v) is 4.26. The van der Waals surface area contributed by atoms with Gasteiger partial charge < -0.3 is 15.4 Å². The van der Waals surface area contributed by atoms with Crippen molar-refractivity contribution in [1.82, 2.24) is 19.9 Å². The summed E-state index contributed by atoms with van der Waals surface area (Å²) >= 11 is 0. The van der Waals surface area contributed by atoms with Crippen molar-refractivity contribution in [2.75, 3.05) is 20.2 Å². The highest BCUT2D eigenvalue weighted by molar-refractivity contribution is 14.0. The normalized spacial score (nSPS) is 17.9. The van der Waals surface area contributed by atoms with Gasteiger partial charge in [0.1, 0.15) is 11.4 Å². The first-order chi connectivity index (χ1) is 11.7. The van der Waals surface area contributed by atoms with Crippen LogP contribution in [0.15, 0.2) is 35.5 Å². The van der Waals surface area contributed by atoms with E-state index in [2.05, 4.69) is 27.1 Å². The van der Waals surface area contributed by atoms with E-state index in [1.54, 1.807) is 11.8 Å². The monoisotopic (exact) mass is 456 g/mol. The van der Waals surface area contributed by atoms with Crippen LogP contribution in [0.3, 0.4) is 0 Å². The molecule has 0 amide bonds. The van der Waals surface area contributed by atoms with Gasteiger partial charge in [0.15, 0.2) is 5.96 Å². The number of halogens is 1. The van der Waals surface area contributed by atoms with Crippen LogP contribution >= 0.6 is 24.0 Å². The van der Waals surface area contributed by atoms with E-state index in [4.69, 9.17) is 10.5 Å². The molecule has 1 aromatic carbocycles. The van der Waals surface area contributed by atoms with Crippen LogP contribution in [-0.2, 0) is 6.54 Å². The maximum Gasteiger partial charge on any atom is 0.191 e. The van der Waals surface area contributed by atoms with Gasteiger partial charge in [0.2, 0.25) is 0 Å². The molecule has 2 aromatic rings. The lowest BCUT2D eigenvalue weighted by atomic mass is 10.0. The molecule has 0 saturated carbocycles. The van der Waals surface area contributed by atoms with Gasteiger partial charge in [0.05, 0.1) is 25.5 Å². The molecule has 1 unspecified atom stereocenters. The molecule has 2 N–H and O–H groups in total. The Bertz CT molecular complexity index is 699. The van der Waals surface area contributed by atoms with Gasteiger partial charge in [-0.15, -0.1) is 29.1 Å². The summed E-state index contributed by atoms with van der Waals surface area (Å²) in [5.74, 6) is 2.08. The van der Waals surface area contributed by atoms with Crippen LogP contribution in [0.5, 0.6) is 5.75 Å². The molecule has 2 heterocycles. The molecule has 0 spiro atoms. The summed E-state index contributed by atoms with van der Waals surface area (Å²) in [7, 11) is 1.65.